The van der Waals surface area contributed by atoms with E-state index in [2.05, 4.69) is 116 Å². The second-order valence-electron chi connectivity index (χ2n) is 22.1. The number of benzene rings is 6. The molecule has 10 aromatic rings. The Morgan fingerprint density at radius 1 is 0.170 bits per heavy atom. The number of rotatable bonds is 0. The van der Waals surface area contributed by atoms with Gasteiger partial charge in [0.15, 0.2) is 98.9 Å². The van der Waals surface area contributed by atoms with Gasteiger partial charge in [0.2, 0.25) is 0 Å². The largest absolute Gasteiger partial charge is 0.289 e. The van der Waals surface area contributed by atoms with Gasteiger partial charge in [-0.3, -0.25) is 19.2 Å². The zero-order valence-corrected chi connectivity index (χ0v) is 53.8. The molecule has 0 saturated carbocycles. The van der Waals surface area contributed by atoms with E-state index in [-0.39, 0.29) is 23.1 Å². The molecule has 8 nitrogen and oxygen atoms in total. The van der Waals surface area contributed by atoms with E-state index >= 15 is 0 Å². The Hall–Kier alpha value is -9.36. The zero-order chi connectivity index (χ0) is 74.6. The summed E-state index contributed by atoms with van der Waals surface area (Å²) in [4.78, 5) is 53.9. The molecule has 36 heteroatoms. The average Bonchev–Trinajstić information content (AvgIpc) is 0.805. The molecule has 0 N–H and O–H groups in total. The van der Waals surface area contributed by atoms with E-state index in [1.165, 1.54) is 0 Å². The molecule has 16 aliphatic heterocycles. The second kappa shape index (κ2) is 25.4. The van der Waals surface area contributed by atoms with Crippen LogP contribution in [0.3, 0.4) is 0 Å². The van der Waals surface area contributed by atoms with Crippen molar-refractivity contribution in [2.24, 2.45) is 0 Å². The van der Waals surface area contributed by atoms with Crippen LogP contribution in [-0.2, 0) is 26.2 Å². The number of ketones is 4. The van der Waals surface area contributed by atoms with Crippen LogP contribution < -0.4 is 18.3 Å². The SMILES string of the molecule is F[P-](F)(F)(F)(F)F.F[P-](F)(F)(F)(F)F.F[P-](F)(F)(F)(F)F.F[P-](F)(F)(F)(F)F.O=C1c2ccc(cc2)C[n+]2ccc(cc2)-c2cc[n+](cc2)Cc2ccc(cc2)C(=O)c2ccc(cc2)C(=O)c2ccc(cc2)C[n+]2ccc(cc2)-c2cc[n+](cc2)Cc2ccc(cc2)C(=O)c2ccc1cc2. The van der Waals surface area contributed by atoms with Gasteiger partial charge in [0.1, 0.15) is 0 Å². The van der Waals surface area contributed by atoms with Gasteiger partial charge >= 0.3 is 132 Å². The van der Waals surface area contributed by atoms with E-state index in [4.69, 9.17) is 0 Å². The summed E-state index contributed by atoms with van der Waals surface area (Å²) in [6.45, 7) is 2.59. The molecular formula is C64H48F24N4O4P4. The molecule has 4 aromatic heterocycles. The van der Waals surface area contributed by atoms with Crippen LogP contribution in [0.4, 0.5) is 101 Å². The molecule has 20 bridgehead atoms. The van der Waals surface area contributed by atoms with Gasteiger partial charge in [0.05, 0.1) is 0 Å². The summed E-state index contributed by atoms with van der Waals surface area (Å²) >= 11 is 0. The standard InChI is InChI=1S/C64H48N4O4.4F6P/c69-61-53-9-1-45(2-10-53)41-65-33-25-49(26-34-65)50-27-35-66(36-28-50)42-47-5-13-55(14-6-47)63(71)59-21-23-60(24-22-59)64(72)56-15-7-48(8-16-56)44-68-39-31-52(32-40-68)51-29-37-67(38-30-51)43-46-3-11-54(12-4-46)62(70)58-19-17-57(61)18-20-58;4*1-7(2,3,4,5)6/h1-40H,41-44H2;;;;/q+4;4*-1. The molecular weight excluding hydrogens is 1470 g/mol. The predicted octanol–water partition coefficient (Wildman–Crippen LogP) is 23.1. The number of carbonyl (C=O) groups is 4. The van der Waals surface area contributed by atoms with E-state index < -0.39 is 31.2 Å². The van der Waals surface area contributed by atoms with Crippen molar-refractivity contribution in [3.8, 4) is 22.3 Å². The summed E-state index contributed by atoms with van der Waals surface area (Å²) in [6, 6.07) is 61.3. The molecule has 0 saturated heterocycles. The minimum atomic E-state index is -10.7. The Morgan fingerprint density at radius 2 is 0.270 bits per heavy atom. The van der Waals surface area contributed by atoms with Crippen molar-refractivity contribution in [3.63, 3.8) is 0 Å². The average molecular weight is 1520 g/mol. The third kappa shape index (κ3) is 31.7. The molecule has 26 rings (SSSR count). The fourth-order valence-electron chi connectivity index (χ4n) is 9.12. The third-order valence-electron chi connectivity index (χ3n) is 13.4. The van der Waals surface area contributed by atoms with Crippen molar-refractivity contribution in [1.82, 2.24) is 0 Å². The normalized spacial score (nSPS) is 15.8. The number of hydrogen-bond acceptors (Lipinski definition) is 4. The number of halogens is 24. The van der Waals surface area contributed by atoms with Crippen LogP contribution in [0.2, 0.25) is 0 Å². The van der Waals surface area contributed by atoms with Gasteiger partial charge < -0.3 is 0 Å². The first-order valence-corrected chi connectivity index (χ1v) is 36.1. The summed E-state index contributed by atoms with van der Waals surface area (Å²) in [5.74, 6) is -0.395. The number of pyridine rings is 4. The van der Waals surface area contributed by atoms with Crippen molar-refractivity contribution < 1.29 is 138 Å². The van der Waals surface area contributed by atoms with Crippen LogP contribution in [0, 0.1) is 0 Å². The molecule has 0 atom stereocenters. The van der Waals surface area contributed by atoms with E-state index in [0.29, 0.717) is 70.7 Å². The van der Waals surface area contributed by atoms with Gasteiger partial charge in [-0.25, -0.2) is 18.3 Å². The van der Waals surface area contributed by atoms with Gasteiger partial charge in [-0.1, -0.05) is 146 Å². The molecule has 20 heterocycles. The Bertz CT molecular complexity index is 4000. The summed E-state index contributed by atoms with van der Waals surface area (Å²) < 4.78 is 245. The van der Waals surface area contributed by atoms with Crippen LogP contribution >= 0.6 is 31.2 Å². The molecule has 6 aromatic carbocycles. The fourth-order valence-corrected chi connectivity index (χ4v) is 9.12. The predicted molar refractivity (Wildman–Crippen MR) is 328 cm³/mol. The van der Waals surface area contributed by atoms with E-state index in [0.717, 1.165) is 44.5 Å². The van der Waals surface area contributed by atoms with E-state index in [9.17, 15) is 120 Å². The molecule has 0 amide bonds. The second-order valence-corrected chi connectivity index (χ2v) is 29.8. The zero-order valence-electron chi connectivity index (χ0n) is 50.2. The first kappa shape index (κ1) is 78.0. The van der Waals surface area contributed by atoms with Crippen LogP contribution in [0.15, 0.2) is 244 Å². The van der Waals surface area contributed by atoms with Gasteiger partial charge in [-0.05, 0) is 22.3 Å². The third-order valence-corrected chi connectivity index (χ3v) is 13.4. The molecule has 536 valence electrons. The molecule has 0 aliphatic carbocycles. The van der Waals surface area contributed by atoms with E-state index in [1.54, 1.807) is 48.5 Å². The van der Waals surface area contributed by atoms with Gasteiger partial charge in [-0.2, -0.15) is 0 Å². The first-order chi connectivity index (χ1) is 45.0. The van der Waals surface area contributed by atoms with Crippen molar-refractivity contribution in [3.05, 3.63) is 310 Å². The van der Waals surface area contributed by atoms with Crippen LogP contribution in [-0.4, -0.2) is 23.1 Å². The number of nitrogens with zero attached hydrogens (tertiary/aromatic N) is 4. The molecule has 16 aliphatic rings. The Kier molecular flexibility index (Phi) is 19.8. The summed E-state index contributed by atoms with van der Waals surface area (Å²) in [5, 5.41) is 0. The monoisotopic (exact) mass is 1520 g/mol. The minimum absolute atomic E-state index is 0.0988. The summed E-state index contributed by atoms with van der Waals surface area (Å²) in [6.07, 6.45) is 16.5. The number of hydrogen-bond donors (Lipinski definition) is 0. The molecule has 0 spiro atoms. The van der Waals surface area contributed by atoms with Gasteiger partial charge in [-0.15, -0.1) is 0 Å². The first-order valence-electron chi connectivity index (χ1n) is 28.0. The number of carbonyl (C=O) groups excluding carboxylic acids is 4. The topological polar surface area (TPSA) is 83.8 Å². The van der Waals surface area contributed by atoms with Crippen molar-refractivity contribution >= 4 is 54.4 Å². The van der Waals surface area contributed by atoms with Gasteiger partial charge in [0, 0.05) is 115 Å². The van der Waals surface area contributed by atoms with Crippen molar-refractivity contribution in [2.75, 3.05) is 0 Å². The van der Waals surface area contributed by atoms with Crippen molar-refractivity contribution in [1.29, 1.82) is 0 Å². The van der Waals surface area contributed by atoms with Crippen molar-refractivity contribution in [2.45, 2.75) is 26.2 Å². The summed E-state index contributed by atoms with van der Waals surface area (Å²) in [5.41, 5.74) is 13.1. The summed E-state index contributed by atoms with van der Waals surface area (Å²) in [7, 11) is -42.6. The minimum Gasteiger partial charge on any atom is -0.289 e. The molecule has 0 fully saturated rings. The van der Waals surface area contributed by atoms with Gasteiger partial charge in [0.25, 0.3) is 0 Å². The maximum atomic E-state index is 13.5. The quantitative estimate of drug-likeness (QED) is 0.0860. The Balaban J connectivity index is 0.000000422. The maximum absolute atomic E-state index is 13.5. The number of aromatic nitrogens is 4. The Morgan fingerprint density at radius 3 is 0.380 bits per heavy atom. The van der Waals surface area contributed by atoms with Crippen LogP contribution in [0.5, 0.6) is 0 Å². The molecule has 0 radical (unpaired) electrons. The Labute approximate surface area is 549 Å². The smallest absolute Gasteiger partial charge is 0.193 e. The van der Waals surface area contributed by atoms with Crippen LogP contribution in [0.1, 0.15) is 85.9 Å². The molecule has 0 unspecified atom stereocenters. The van der Waals surface area contributed by atoms with E-state index in [1.807, 2.05) is 97.1 Å². The van der Waals surface area contributed by atoms with Crippen LogP contribution in [0.25, 0.3) is 22.3 Å². The molecule has 100 heavy (non-hydrogen) atoms. The fraction of sp³-hybridized carbons (Fsp3) is 0.0625. The maximum Gasteiger partial charge on any atom is 0.193 e.